The molecule has 6 heteroatoms. The number of pyridine rings is 1. The van der Waals surface area contributed by atoms with Gasteiger partial charge in [0.2, 0.25) is 0 Å². The van der Waals surface area contributed by atoms with Gasteiger partial charge in [-0.3, -0.25) is 0 Å². The number of ether oxygens (including phenoxy) is 1. The summed E-state index contributed by atoms with van der Waals surface area (Å²) in [5.74, 6) is 3.80. The minimum absolute atomic E-state index is 0.692. The van der Waals surface area contributed by atoms with Gasteiger partial charge in [0.15, 0.2) is 0 Å². The molecule has 1 aromatic heterocycles. The van der Waals surface area contributed by atoms with Gasteiger partial charge in [-0.2, -0.15) is 0 Å². The van der Waals surface area contributed by atoms with Crippen molar-refractivity contribution in [3.8, 4) is 11.5 Å². The first-order chi connectivity index (χ1) is 16.1. The van der Waals surface area contributed by atoms with Gasteiger partial charge in [0.05, 0.1) is 0 Å². The third-order valence-corrected chi connectivity index (χ3v) is 4.77. The largest absolute Gasteiger partial charge is 0.457 e. The van der Waals surface area contributed by atoms with E-state index in [2.05, 4.69) is 39.8 Å². The molecule has 0 fully saturated rings. The number of aliphatic imine (C=N–C) groups is 1. The summed E-state index contributed by atoms with van der Waals surface area (Å²) < 4.78 is 5.86. The van der Waals surface area contributed by atoms with E-state index in [1.54, 1.807) is 0 Å². The minimum atomic E-state index is 0.692. The van der Waals surface area contributed by atoms with Crippen LogP contribution >= 0.6 is 0 Å². The first kappa shape index (κ1) is 23.6. The fourth-order valence-electron chi connectivity index (χ4n) is 2.85. The number of benzene rings is 2. The molecule has 0 aliphatic heterocycles. The lowest BCUT2D eigenvalue weighted by molar-refractivity contribution is 0.483. The van der Waals surface area contributed by atoms with Crippen LogP contribution in [0.3, 0.4) is 0 Å². The number of allylic oxidation sites excluding steroid dienone is 2. The van der Waals surface area contributed by atoms with Crippen LogP contribution in [0, 0.1) is 0 Å². The van der Waals surface area contributed by atoms with E-state index in [0.29, 0.717) is 5.84 Å². The standard InChI is InChI=1S/C27H31N5O/c1-5-20(2)19-29-27(32-26-13-9-12-25(28-4)31-26)18-21(3)30-22-14-16-24(17-15-22)33-23-10-7-6-8-11-23/h6-19,30H,5H2,1-4H3,(H2,28,29,31,32)/b20-19+,21-18+. The number of para-hydroxylation sites is 1. The third kappa shape index (κ3) is 7.85. The number of amidine groups is 1. The topological polar surface area (TPSA) is 70.6 Å². The molecule has 6 nitrogen and oxygen atoms in total. The Hall–Kier alpha value is -4.06. The van der Waals surface area contributed by atoms with Gasteiger partial charge in [-0.05, 0) is 74.9 Å². The van der Waals surface area contributed by atoms with Crippen LogP contribution in [0.1, 0.15) is 27.2 Å². The zero-order chi connectivity index (χ0) is 23.5. The van der Waals surface area contributed by atoms with Crippen LogP contribution in [0.25, 0.3) is 0 Å². The summed E-state index contributed by atoms with van der Waals surface area (Å²) in [5.41, 5.74) is 3.09. The van der Waals surface area contributed by atoms with E-state index in [-0.39, 0.29) is 0 Å². The molecule has 0 atom stereocenters. The molecule has 0 bridgehead atoms. The summed E-state index contributed by atoms with van der Waals surface area (Å²) in [6.45, 7) is 6.18. The predicted molar refractivity (Wildman–Crippen MR) is 139 cm³/mol. The van der Waals surface area contributed by atoms with Gasteiger partial charge in [-0.25, -0.2) is 9.98 Å². The van der Waals surface area contributed by atoms with Crippen molar-refractivity contribution in [3.63, 3.8) is 0 Å². The first-order valence-electron chi connectivity index (χ1n) is 11.0. The molecule has 33 heavy (non-hydrogen) atoms. The van der Waals surface area contributed by atoms with Gasteiger partial charge in [0.25, 0.3) is 0 Å². The van der Waals surface area contributed by atoms with Crippen LogP contribution in [0.4, 0.5) is 17.3 Å². The van der Waals surface area contributed by atoms with E-state index in [1.165, 1.54) is 5.57 Å². The molecule has 170 valence electrons. The van der Waals surface area contributed by atoms with Gasteiger partial charge in [0, 0.05) is 24.6 Å². The van der Waals surface area contributed by atoms with Crippen molar-refractivity contribution in [1.82, 2.24) is 4.98 Å². The van der Waals surface area contributed by atoms with Crippen LogP contribution in [-0.4, -0.2) is 17.9 Å². The smallest absolute Gasteiger partial charge is 0.133 e. The van der Waals surface area contributed by atoms with Crippen molar-refractivity contribution in [2.24, 2.45) is 4.99 Å². The molecule has 0 unspecified atom stereocenters. The second-order valence-electron chi connectivity index (χ2n) is 7.52. The Bertz CT molecular complexity index is 1120. The number of aromatic nitrogens is 1. The molecule has 0 aliphatic carbocycles. The Kier molecular flexibility index (Phi) is 8.65. The monoisotopic (exact) mass is 441 g/mol. The molecule has 0 aliphatic rings. The zero-order valence-electron chi connectivity index (χ0n) is 19.6. The van der Waals surface area contributed by atoms with E-state index < -0.39 is 0 Å². The molecule has 0 spiro atoms. The van der Waals surface area contributed by atoms with Gasteiger partial charge < -0.3 is 20.7 Å². The highest BCUT2D eigenvalue weighted by atomic mass is 16.5. The van der Waals surface area contributed by atoms with E-state index in [1.807, 2.05) is 99.0 Å². The summed E-state index contributed by atoms with van der Waals surface area (Å²) >= 11 is 0. The van der Waals surface area contributed by atoms with Crippen LogP contribution in [0.5, 0.6) is 11.5 Å². The molecule has 2 aromatic carbocycles. The molecule has 3 rings (SSSR count). The SMILES string of the molecule is CC/C(C)=C/N=C(/C=C(\C)Nc1ccc(Oc2ccccc2)cc1)Nc1cccc(NC)n1. The number of anilines is 3. The molecule has 3 aromatic rings. The van der Waals surface area contributed by atoms with Crippen LogP contribution in [0.2, 0.25) is 0 Å². The third-order valence-electron chi connectivity index (χ3n) is 4.77. The Morgan fingerprint density at radius 2 is 1.58 bits per heavy atom. The van der Waals surface area contributed by atoms with Crippen molar-refractivity contribution in [2.75, 3.05) is 23.0 Å². The van der Waals surface area contributed by atoms with Crippen molar-refractivity contribution in [1.29, 1.82) is 0 Å². The molecular weight excluding hydrogens is 410 g/mol. The van der Waals surface area contributed by atoms with Crippen molar-refractivity contribution >= 4 is 23.2 Å². The predicted octanol–water partition coefficient (Wildman–Crippen LogP) is 7.06. The zero-order valence-corrected chi connectivity index (χ0v) is 19.6. The number of hydrogen-bond acceptors (Lipinski definition) is 5. The van der Waals surface area contributed by atoms with Crippen LogP contribution in [0.15, 0.2) is 101 Å². The van der Waals surface area contributed by atoms with Crippen LogP contribution in [-0.2, 0) is 0 Å². The van der Waals surface area contributed by atoms with Gasteiger partial charge in [0.1, 0.15) is 29.0 Å². The normalized spacial score (nSPS) is 12.3. The summed E-state index contributed by atoms with van der Waals surface area (Å²) in [5, 5.41) is 9.76. The van der Waals surface area contributed by atoms with Gasteiger partial charge in [-0.15, -0.1) is 0 Å². The summed E-state index contributed by atoms with van der Waals surface area (Å²) in [6.07, 6.45) is 4.79. The van der Waals surface area contributed by atoms with Gasteiger partial charge >= 0.3 is 0 Å². The van der Waals surface area contributed by atoms with Crippen molar-refractivity contribution < 1.29 is 4.74 Å². The fraction of sp³-hybridized carbons (Fsp3) is 0.185. The summed E-state index contributed by atoms with van der Waals surface area (Å²) in [7, 11) is 1.85. The van der Waals surface area contributed by atoms with E-state index in [0.717, 1.165) is 40.9 Å². The van der Waals surface area contributed by atoms with E-state index >= 15 is 0 Å². The Balaban J connectivity index is 1.73. The highest BCUT2D eigenvalue weighted by Gasteiger charge is 2.03. The van der Waals surface area contributed by atoms with Crippen LogP contribution < -0.4 is 20.7 Å². The molecule has 0 amide bonds. The van der Waals surface area contributed by atoms with Crippen molar-refractivity contribution in [2.45, 2.75) is 27.2 Å². The average molecular weight is 442 g/mol. The highest BCUT2D eigenvalue weighted by Crippen LogP contribution is 2.23. The maximum atomic E-state index is 5.86. The second-order valence-corrected chi connectivity index (χ2v) is 7.52. The maximum absolute atomic E-state index is 5.86. The lowest BCUT2D eigenvalue weighted by Gasteiger charge is -2.11. The van der Waals surface area contributed by atoms with E-state index in [4.69, 9.17) is 4.74 Å². The summed E-state index contributed by atoms with van der Waals surface area (Å²) in [6, 6.07) is 23.4. The molecule has 0 radical (unpaired) electrons. The number of hydrogen-bond donors (Lipinski definition) is 3. The first-order valence-corrected chi connectivity index (χ1v) is 11.0. The van der Waals surface area contributed by atoms with Crippen molar-refractivity contribution in [3.05, 3.63) is 96.3 Å². The number of rotatable bonds is 9. The average Bonchev–Trinajstić information content (AvgIpc) is 2.84. The molecule has 1 heterocycles. The highest BCUT2D eigenvalue weighted by molar-refractivity contribution is 6.04. The fourth-order valence-corrected chi connectivity index (χ4v) is 2.85. The summed E-state index contributed by atoms with van der Waals surface area (Å²) in [4.78, 5) is 9.16. The minimum Gasteiger partial charge on any atom is -0.457 e. The Labute approximate surface area is 196 Å². The molecule has 0 saturated heterocycles. The lowest BCUT2D eigenvalue weighted by Crippen LogP contribution is -2.12. The maximum Gasteiger partial charge on any atom is 0.133 e. The number of nitrogens with one attached hydrogen (secondary N) is 3. The second kappa shape index (κ2) is 12.1. The lowest BCUT2D eigenvalue weighted by atomic mass is 10.2. The molecular formula is C27H31N5O. The van der Waals surface area contributed by atoms with Gasteiger partial charge in [-0.1, -0.05) is 36.8 Å². The Morgan fingerprint density at radius 3 is 2.27 bits per heavy atom. The quantitative estimate of drug-likeness (QED) is 0.245. The number of nitrogens with zero attached hydrogens (tertiary/aromatic N) is 2. The van der Waals surface area contributed by atoms with E-state index in [9.17, 15) is 0 Å². The molecule has 0 saturated carbocycles. The Morgan fingerprint density at radius 1 is 0.879 bits per heavy atom. The molecule has 3 N–H and O–H groups in total.